The molecule has 3 rings (SSSR count). The highest BCUT2D eigenvalue weighted by Gasteiger charge is 2.37. The molecule has 0 bridgehead atoms. The number of alkyl halides is 3. The zero-order chi connectivity index (χ0) is 21.0. The number of methoxy groups -OCH3 is 1. The number of nitrogens with one attached hydrogen (secondary N) is 2. The zero-order valence-electron chi connectivity index (χ0n) is 15.2. The van der Waals surface area contributed by atoms with Gasteiger partial charge >= 0.3 is 18.2 Å². The van der Waals surface area contributed by atoms with Crippen LogP contribution >= 0.6 is 0 Å². The third-order valence-corrected chi connectivity index (χ3v) is 3.96. The molecule has 1 aromatic carbocycles. The van der Waals surface area contributed by atoms with E-state index < -0.39 is 24.0 Å². The molecule has 2 aromatic heterocycles. The number of amides is 2. The standard InChI is InChI=1S/C18H16F3N5O3/c1-29-15(27)11-5-2-3-6-12(11)25-17(28)23-9-10-26-14-13(7-4-8-22-14)24-16(26)18(19,20)21/h2-8H,9-10H2,1H3,(H2,23,25,28). The molecule has 2 N–H and O–H groups in total. The fraction of sp³-hybridized carbons (Fsp3) is 0.222. The molecule has 0 saturated heterocycles. The normalized spacial score (nSPS) is 11.3. The lowest BCUT2D eigenvalue weighted by molar-refractivity contribution is -0.146. The quantitative estimate of drug-likeness (QED) is 0.634. The van der Waals surface area contributed by atoms with Crippen LogP contribution in [-0.2, 0) is 17.5 Å². The summed E-state index contributed by atoms with van der Waals surface area (Å²) in [5.41, 5.74) is 0.534. The van der Waals surface area contributed by atoms with Gasteiger partial charge in [-0.3, -0.25) is 0 Å². The number of carbonyl (C=O) groups excluding carboxylic acids is 2. The molecule has 0 radical (unpaired) electrons. The molecule has 8 nitrogen and oxygen atoms in total. The second kappa shape index (κ2) is 8.17. The van der Waals surface area contributed by atoms with Crippen molar-refractivity contribution in [1.82, 2.24) is 19.9 Å². The Labute approximate surface area is 162 Å². The highest BCUT2D eigenvalue weighted by molar-refractivity contribution is 6.00. The molecule has 0 aliphatic carbocycles. The predicted molar refractivity (Wildman–Crippen MR) is 97.3 cm³/mol. The van der Waals surface area contributed by atoms with Crippen LogP contribution < -0.4 is 10.6 Å². The first-order valence-corrected chi connectivity index (χ1v) is 8.42. The van der Waals surface area contributed by atoms with E-state index in [1.165, 1.54) is 37.6 Å². The Kier molecular flexibility index (Phi) is 5.66. The average molecular weight is 407 g/mol. The number of hydrogen-bond acceptors (Lipinski definition) is 5. The highest BCUT2D eigenvalue weighted by Crippen LogP contribution is 2.30. The Morgan fingerprint density at radius 3 is 2.66 bits per heavy atom. The molecular formula is C18H16F3N5O3. The summed E-state index contributed by atoms with van der Waals surface area (Å²) in [5, 5.41) is 4.93. The molecule has 0 spiro atoms. The number of nitrogens with zero attached hydrogens (tertiary/aromatic N) is 3. The van der Waals surface area contributed by atoms with E-state index in [2.05, 4.69) is 25.3 Å². The molecule has 2 amide bonds. The average Bonchev–Trinajstić information content (AvgIpc) is 3.07. The molecule has 0 unspecified atom stereocenters. The topological polar surface area (TPSA) is 98.1 Å². The Bertz CT molecular complexity index is 1050. The minimum Gasteiger partial charge on any atom is -0.465 e. The molecule has 152 valence electrons. The molecule has 0 fully saturated rings. The van der Waals surface area contributed by atoms with Gasteiger partial charge in [-0.25, -0.2) is 19.6 Å². The number of pyridine rings is 1. The van der Waals surface area contributed by atoms with Crippen LogP contribution in [0, 0.1) is 0 Å². The fourth-order valence-corrected chi connectivity index (χ4v) is 2.71. The highest BCUT2D eigenvalue weighted by atomic mass is 19.4. The van der Waals surface area contributed by atoms with E-state index in [1.54, 1.807) is 12.1 Å². The van der Waals surface area contributed by atoms with Crippen LogP contribution in [0.15, 0.2) is 42.6 Å². The molecular weight excluding hydrogens is 391 g/mol. The number of fused-ring (bicyclic) bond motifs is 1. The van der Waals surface area contributed by atoms with Gasteiger partial charge in [-0.2, -0.15) is 13.2 Å². The summed E-state index contributed by atoms with van der Waals surface area (Å²) in [7, 11) is 1.21. The SMILES string of the molecule is COC(=O)c1ccccc1NC(=O)NCCn1c(C(F)(F)F)nc2cccnc21. The third kappa shape index (κ3) is 4.45. The van der Waals surface area contributed by atoms with Crippen molar-refractivity contribution in [2.45, 2.75) is 12.7 Å². The summed E-state index contributed by atoms with van der Waals surface area (Å²) in [6.45, 7) is -0.328. The van der Waals surface area contributed by atoms with Crippen LogP contribution in [0.2, 0.25) is 0 Å². The lowest BCUT2D eigenvalue weighted by atomic mass is 10.2. The molecule has 2 heterocycles. The lowest BCUT2D eigenvalue weighted by Crippen LogP contribution is -2.32. The van der Waals surface area contributed by atoms with Gasteiger partial charge in [-0.15, -0.1) is 0 Å². The van der Waals surface area contributed by atoms with Gasteiger partial charge in [0.2, 0.25) is 5.82 Å². The van der Waals surface area contributed by atoms with E-state index in [-0.39, 0.29) is 35.5 Å². The number of ether oxygens (including phenoxy) is 1. The number of carbonyl (C=O) groups is 2. The maximum Gasteiger partial charge on any atom is 0.449 e. The first-order valence-electron chi connectivity index (χ1n) is 8.42. The summed E-state index contributed by atoms with van der Waals surface area (Å²) in [6, 6.07) is 8.42. The molecule has 11 heteroatoms. The number of rotatable bonds is 5. The molecule has 3 aromatic rings. The van der Waals surface area contributed by atoms with Crippen molar-refractivity contribution < 1.29 is 27.5 Å². The van der Waals surface area contributed by atoms with Crippen LogP contribution in [0.3, 0.4) is 0 Å². The maximum atomic E-state index is 13.3. The van der Waals surface area contributed by atoms with E-state index in [9.17, 15) is 22.8 Å². The van der Waals surface area contributed by atoms with Gasteiger partial charge in [0.25, 0.3) is 0 Å². The van der Waals surface area contributed by atoms with E-state index in [4.69, 9.17) is 0 Å². The number of anilines is 1. The summed E-state index contributed by atoms with van der Waals surface area (Å²) in [4.78, 5) is 31.4. The Balaban J connectivity index is 1.70. The van der Waals surface area contributed by atoms with E-state index >= 15 is 0 Å². The van der Waals surface area contributed by atoms with E-state index in [1.807, 2.05) is 0 Å². The Hall–Kier alpha value is -3.63. The van der Waals surface area contributed by atoms with E-state index in [0.717, 1.165) is 4.57 Å². The van der Waals surface area contributed by atoms with Crippen molar-refractivity contribution in [3.63, 3.8) is 0 Å². The van der Waals surface area contributed by atoms with Gasteiger partial charge in [-0.1, -0.05) is 12.1 Å². The van der Waals surface area contributed by atoms with Gasteiger partial charge in [0, 0.05) is 19.3 Å². The first-order chi connectivity index (χ1) is 13.8. The van der Waals surface area contributed by atoms with Crippen LogP contribution in [0.5, 0.6) is 0 Å². The summed E-state index contributed by atoms with van der Waals surface area (Å²) < 4.78 is 45.3. The van der Waals surface area contributed by atoms with Crippen molar-refractivity contribution in [2.24, 2.45) is 0 Å². The van der Waals surface area contributed by atoms with Gasteiger partial charge < -0.3 is 19.9 Å². The van der Waals surface area contributed by atoms with Crippen LogP contribution in [0.25, 0.3) is 11.2 Å². The minimum absolute atomic E-state index is 0.0677. The van der Waals surface area contributed by atoms with Gasteiger partial charge in [0.1, 0.15) is 5.52 Å². The number of hydrogen-bond donors (Lipinski definition) is 2. The number of imidazole rings is 1. The monoisotopic (exact) mass is 407 g/mol. The van der Waals surface area contributed by atoms with Gasteiger partial charge in [0.15, 0.2) is 5.65 Å². The van der Waals surface area contributed by atoms with Crippen LogP contribution in [-0.4, -0.2) is 40.2 Å². The summed E-state index contributed by atoms with van der Waals surface area (Å²) in [5.74, 6) is -1.73. The van der Waals surface area contributed by atoms with Gasteiger partial charge in [-0.05, 0) is 24.3 Å². The lowest BCUT2D eigenvalue weighted by Gasteiger charge is -2.13. The number of esters is 1. The molecule has 0 aliphatic heterocycles. The van der Waals surface area contributed by atoms with Crippen LogP contribution in [0.1, 0.15) is 16.2 Å². The van der Waals surface area contributed by atoms with Crippen molar-refractivity contribution >= 4 is 28.9 Å². The fourth-order valence-electron chi connectivity index (χ4n) is 2.71. The van der Waals surface area contributed by atoms with E-state index in [0.29, 0.717) is 0 Å². The molecule has 29 heavy (non-hydrogen) atoms. The van der Waals surface area contributed by atoms with Crippen molar-refractivity contribution in [1.29, 1.82) is 0 Å². The maximum absolute atomic E-state index is 13.3. The summed E-state index contributed by atoms with van der Waals surface area (Å²) in [6.07, 6.45) is -3.30. The number of urea groups is 1. The smallest absolute Gasteiger partial charge is 0.449 e. The second-order valence-corrected chi connectivity index (χ2v) is 5.85. The minimum atomic E-state index is -4.66. The van der Waals surface area contributed by atoms with Crippen molar-refractivity contribution in [2.75, 3.05) is 19.0 Å². The summed E-state index contributed by atoms with van der Waals surface area (Å²) >= 11 is 0. The molecule has 0 saturated carbocycles. The van der Waals surface area contributed by atoms with Crippen LogP contribution in [0.4, 0.5) is 23.7 Å². The second-order valence-electron chi connectivity index (χ2n) is 5.85. The third-order valence-electron chi connectivity index (χ3n) is 3.96. The Morgan fingerprint density at radius 2 is 1.93 bits per heavy atom. The largest absolute Gasteiger partial charge is 0.465 e. The number of aromatic nitrogens is 3. The first kappa shape index (κ1) is 20.1. The number of para-hydroxylation sites is 1. The van der Waals surface area contributed by atoms with Crippen molar-refractivity contribution in [3.8, 4) is 0 Å². The molecule has 0 aliphatic rings. The van der Waals surface area contributed by atoms with Gasteiger partial charge in [0.05, 0.1) is 18.4 Å². The predicted octanol–water partition coefficient (Wildman–Crippen LogP) is 3.06. The number of benzene rings is 1. The molecule has 0 atom stereocenters. The zero-order valence-corrected chi connectivity index (χ0v) is 15.2. The Morgan fingerprint density at radius 1 is 1.17 bits per heavy atom. The van der Waals surface area contributed by atoms with Crippen molar-refractivity contribution in [3.05, 3.63) is 54.0 Å². The number of halogens is 3.